The summed E-state index contributed by atoms with van der Waals surface area (Å²) in [5.74, 6) is 0.211. The number of aliphatic hydroxyl groups excluding tert-OH is 1. The van der Waals surface area contributed by atoms with Gasteiger partial charge in [0.1, 0.15) is 0 Å². The van der Waals surface area contributed by atoms with E-state index >= 15 is 0 Å². The minimum atomic E-state index is -0.237. The molecule has 2 rings (SSSR count). The van der Waals surface area contributed by atoms with Gasteiger partial charge in [0.15, 0.2) is 0 Å². The quantitative estimate of drug-likeness (QED) is 0.729. The van der Waals surface area contributed by atoms with Gasteiger partial charge in [-0.2, -0.15) is 0 Å². The Morgan fingerprint density at radius 3 is 2.33 bits per heavy atom. The highest BCUT2D eigenvalue weighted by atomic mass is 16.3. The fourth-order valence-corrected chi connectivity index (χ4v) is 3.03. The maximum absolute atomic E-state index is 12.2. The summed E-state index contributed by atoms with van der Waals surface area (Å²) >= 11 is 0. The molecule has 0 aromatic heterocycles. The van der Waals surface area contributed by atoms with E-state index in [1.807, 2.05) is 4.90 Å². The van der Waals surface area contributed by atoms with Crippen molar-refractivity contribution in [2.75, 3.05) is 39.3 Å². The first-order valence-corrected chi connectivity index (χ1v) is 7.03. The largest absolute Gasteiger partial charge is 0.395 e. The number of aliphatic hydroxyl groups is 1. The summed E-state index contributed by atoms with van der Waals surface area (Å²) in [5, 5.41) is 8.88. The Morgan fingerprint density at radius 1 is 1.17 bits per heavy atom. The molecule has 1 amide bonds. The van der Waals surface area contributed by atoms with Crippen molar-refractivity contribution in [3.63, 3.8) is 0 Å². The van der Waals surface area contributed by atoms with Gasteiger partial charge in [-0.15, -0.1) is 0 Å². The van der Waals surface area contributed by atoms with Crippen LogP contribution in [-0.2, 0) is 4.79 Å². The number of carbonyl (C=O) groups excluding carboxylic acids is 1. The SMILES string of the molecule is NC1(CC(=O)N2CCN(CCO)CC2)CCCC1. The van der Waals surface area contributed by atoms with Gasteiger partial charge in [-0.1, -0.05) is 12.8 Å². The predicted octanol–water partition coefficient (Wildman–Crippen LogP) is -0.215. The van der Waals surface area contributed by atoms with Crippen LogP contribution in [0.25, 0.3) is 0 Å². The smallest absolute Gasteiger partial charge is 0.224 e. The maximum Gasteiger partial charge on any atom is 0.224 e. The zero-order valence-electron chi connectivity index (χ0n) is 11.1. The number of nitrogens with zero attached hydrogens (tertiary/aromatic N) is 2. The van der Waals surface area contributed by atoms with Crippen molar-refractivity contribution in [3.05, 3.63) is 0 Å². The first-order valence-electron chi connectivity index (χ1n) is 7.03. The average molecular weight is 255 g/mol. The van der Waals surface area contributed by atoms with E-state index in [2.05, 4.69) is 4.90 Å². The van der Waals surface area contributed by atoms with Crippen LogP contribution in [0.5, 0.6) is 0 Å². The van der Waals surface area contributed by atoms with E-state index in [0.717, 1.165) is 51.9 Å². The fraction of sp³-hybridized carbons (Fsp3) is 0.923. The number of carbonyl (C=O) groups is 1. The minimum Gasteiger partial charge on any atom is -0.395 e. The second-order valence-electron chi connectivity index (χ2n) is 5.69. The van der Waals surface area contributed by atoms with Gasteiger partial charge in [0, 0.05) is 44.7 Å². The van der Waals surface area contributed by atoms with E-state index in [4.69, 9.17) is 10.8 Å². The van der Waals surface area contributed by atoms with Crippen LogP contribution in [0.4, 0.5) is 0 Å². The van der Waals surface area contributed by atoms with E-state index in [-0.39, 0.29) is 18.1 Å². The molecule has 1 aliphatic carbocycles. The Balaban J connectivity index is 1.77. The number of amides is 1. The van der Waals surface area contributed by atoms with Gasteiger partial charge in [-0.3, -0.25) is 9.69 Å². The van der Waals surface area contributed by atoms with Crippen LogP contribution in [0.3, 0.4) is 0 Å². The topological polar surface area (TPSA) is 69.8 Å². The molecule has 1 aliphatic heterocycles. The normalized spacial score (nSPS) is 24.4. The Labute approximate surface area is 109 Å². The molecule has 5 nitrogen and oxygen atoms in total. The lowest BCUT2D eigenvalue weighted by molar-refractivity contribution is -0.134. The van der Waals surface area contributed by atoms with Gasteiger partial charge in [0.2, 0.25) is 5.91 Å². The van der Waals surface area contributed by atoms with Crippen molar-refractivity contribution < 1.29 is 9.90 Å². The first-order chi connectivity index (χ1) is 8.63. The average Bonchev–Trinajstić information content (AvgIpc) is 2.77. The molecule has 0 aromatic rings. The molecule has 1 heterocycles. The number of rotatable bonds is 4. The first kappa shape index (κ1) is 13.8. The van der Waals surface area contributed by atoms with Crippen LogP contribution < -0.4 is 5.73 Å². The maximum atomic E-state index is 12.2. The highest BCUT2D eigenvalue weighted by Gasteiger charge is 2.33. The fourth-order valence-electron chi connectivity index (χ4n) is 3.03. The van der Waals surface area contributed by atoms with Crippen molar-refractivity contribution >= 4 is 5.91 Å². The van der Waals surface area contributed by atoms with Gasteiger partial charge in [0.05, 0.1) is 6.61 Å². The van der Waals surface area contributed by atoms with Gasteiger partial charge in [-0.25, -0.2) is 0 Å². The zero-order chi connectivity index (χ0) is 13.0. The van der Waals surface area contributed by atoms with E-state index < -0.39 is 0 Å². The Hall–Kier alpha value is -0.650. The summed E-state index contributed by atoms with van der Waals surface area (Å²) in [5.41, 5.74) is 6.01. The van der Waals surface area contributed by atoms with Crippen LogP contribution in [0.2, 0.25) is 0 Å². The molecule has 0 spiro atoms. The highest BCUT2D eigenvalue weighted by Crippen LogP contribution is 2.30. The second-order valence-corrected chi connectivity index (χ2v) is 5.69. The minimum absolute atomic E-state index is 0.194. The molecule has 2 fully saturated rings. The molecule has 0 bridgehead atoms. The van der Waals surface area contributed by atoms with Crippen LogP contribution >= 0.6 is 0 Å². The summed E-state index contributed by atoms with van der Waals surface area (Å²) < 4.78 is 0. The Bertz CT molecular complexity index is 282. The van der Waals surface area contributed by atoms with Crippen molar-refractivity contribution in [2.24, 2.45) is 5.73 Å². The third-order valence-corrected chi connectivity index (χ3v) is 4.24. The number of hydrogen-bond acceptors (Lipinski definition) is 4. The monoisotopic (exact) mass is 255 g/mol. The molecule has 0 radical (unpaired) electrons. The number of β-amino-alcohol motifs (C(OH)–C–C–N with tert-alkyl or cyclic N) is 1. The van der Waals surface area contributed by atoms with Crippen molar-refractivity contribution in [1.82, 2.24) is 9.80 Å². The van der Waals surface area contributed by atoms with Crippen molar-refractivity contribution in [1.29, 1.82) is 0 Å². The number of nitrogens with two attached hydrogens (primary N) is 1. The van der Waals surface area contributed by atoms with E-state index in [1.165, 1.54) is 0 Å². The summed E-state index contributed by atoms with van der Waals surface area (Å²) in [6.07, 6.45) is 4.81. The van der Waals surface area contributed by atoms with Gasteiger partial charge in [0.25, 0.3) is 0 Å². The lowest BCUT2D eigenvalue weighted by atomic mass is 9.94. The molecule has 104 valence electrons. The molecule has 0 atom stereocenters. The molecule has 3 N–H and O–H groups in total. The number of piperazine rings is 1. The van der Waals surface area contributed by atoms with E-state index in [9.17, 15) is 4.79 Å². The van der Waals surface area contributed by atoms with Crippen LogP contribution in [0.1, 0.15) is 32.1 Å². The van der Waals surface area contributed by atoms with Gasteiger partial charge >= 0.3 is 0 Å². The zero-order valence-corrected chi connectivity index (χ0v) is 11.1. The predicted molar refractivity (Wildman–Crippen MR) is 70.1 cm³/mol. The molecule has 5 heteroatoms. The van der Waals surface area contributed by atoms with Gasteiger partial charge in [-0.05, 0) is 12.8 Å². The second kappa shape index (κ2) is 5.99. The molecule has 1 saturated carbocycles. The highest BCUT2D eigenvalue weighted by molar-refractivity contribution is 5.77. The molecule has 0 aromatic carbocycles. The summed E-state index contributed by atoms with van der Waals surface area (Å²) in [6, 6.07) is 0. The van der Waals surface area contributed by atoms with E-state index in [1.54, 1.807) is 0 Å². The summed E-state index contributed by atoms with van der Waals surface area (Å²) in [4.78, 5) is 16.3. The van der Waals surface area contributed by atoms with Crippen molar-refractivity contribution in [2.45, 2.75) is 37.6 Å². The molecular weight excluding hydrogens is 230 g/mol. The Kier molecular flexibility index (Phi) is 4.59. The lowest BCUT2D eigenvalue weighted by Crippen LogP contribution is -2.51. The van der Waals surface area contributed by atoms with E-state index in [0.29, 0.717) is 13.0 Å². The molecule has 1 saturated heterocycles. The summed E-state index contributed by atoms with van der Waals surface area (Å²) in [7, 11) is 0. The summed E-state index contributed by atoms with van der Waals surface area (Å²) in [6.45, 7) is 4.18. The lowest BCUT2D eigenvalue weighted by Gasteiger charge is -2.36. The molecule has 18 heavy (non-hydrogen) atoms. The third-order valence-electron chi connectivity index (χ3n) is 4.24. The van der Waals surface area contributed by atoms with Crippen molar-refractivity contribution in [3.8, 4) is 0 Å². The molecule has 2 aliphatic rings. The molecule has 0 unspecified atom stereocenters. The van der Waals surface area contributed by atoms with Crippen LogP contribution in [-0.4, -0.2) is 65.7 Å². The molecular formula is C13H25N3O2. The Morgan fingerprint density at radius 2 is 1.78 bits per heavy atom. The standard InChI is InChI=1S/C13H25N3O2/c14-13(3-1-2-4-13)11-12(18)16-7-5-15(6-8-16)9-10-17/h17H,1-11,14H2. The third kappa shape index (κ3) is 3.43. The van der Waals surface area contributed by atoms with Crippen LogP contribution in [0, 0.1) is 0 Å². The van der Waals surface area contributed by atoms with Crippen LogP contribution in [0.15, 0.2) is 0 Å². The van der Waals surface area contributed by atoms with Gasteiger partial charge < -0.3 is 15.7 Å². The number of hydrogen-bond donors (Lipinski definition) is 2.